The van der Waals surface area contributed by atoms with Gasteiger partial charge in [0.25, 0.3) is 0 Å². The Bertz CT molecular complexity index is 672. The van der Waals surface area contributed by atoms with E-state index in [1.165, 1.54) is 18.4 Å². The number of hydrogen-bond donors (Lipinski definition) is 1. The van der Waals surface area contributed by atoms with E-state index in [2.05, 4.69) is 6.92 Å². The van der Waals surface area contributed by atoms with E-state index in [4.69, 9.17) is 10.5 Å². The second kappa shape index (κ2) is 7.53. The number of nitrogens with two attached hydrogens (primary N) is 1. The smallest absolute Gasteiger partial charge is 0.222 e. The molecule has 1 aliphatic rings. The van der Waals surface area contributed by atoms with Gasteiger partial charge in [-0.1, -0.05) is 6.92 Å². The summed E-state index contributed by atoms with van der Waals surface area (Å²) in [7, 11) is -3.19. The molecule has 1 saturated heterocycles. The molecule has 1 heterocycles. The third kappa shape index (κ3) is 4.95. The average molecular weight is 354 g/mol. The number of hydrogen-bond acceptors (Lipinski definition) is 5. The molecule has 1 aliphatic heterocycles. The highest BCUT2D eigenvalue weighted by molar-refractivity contribution is 7.90. The fourth-order valence-electron chi connectivity index (χ4n) is 2.76. The fraction of sp³-hybridized carbons (Fsp3) is 0.588. The van der Waals surface area contributed by atoms with Crippen molar-refractivity contribution in [3.05, 3.63) is 24.3 Å². The highest BCUT2D eigenvalue weighted by Crippen LogP contribution is 2.28. The number of rotatable bonds is 7. The quantitative estimate of drug-likeness (QED) is 0.749. The third-order valence-corrected chi connectivity index (χ3v) is 5.59. The molecular formula is C17H26N2O4S. The maximum atomic E-state index is 12.2. The van der Waals surface area contributed by atoms with Crippen LogP contribution in [0, 0.1) is 5.41 Å². The van der Waals surface area contributed by atoms with Crippen LogP contribution in [-0.2, 0) is 14.6 Å². The van der Waals surface area contributed by atoms with E-state index in [1.807, 2.05) is 4.90 Å². The van der Waals surface area contributed by atoms with E-state index in [0.717, 1.165) is 19.5 Å². The van der Waals surface area contributed by atoms with Gasteiger partial charge in [0.1, 0.15) is 5.75 Å². The van der Waals surface area contributed by atoms with Gasteiger partial charge in [-0.15, -0.1) is 0 Å². The summed E-state index contributed by atoms with van der Waals surface area (Å²) in [6, 6.07) is 6.30. The lowest BCUT2D eigenvalue weighted by Gasteiger charge is -2.22. The zero-order chi connectivity index (χ0) is 17.8. The van der Waals surface area contributed by atoms with Gasteiger partial charge in [0.2, 0.25) is 5.91 Å². The molecule has 134 valence electrons. The first-order valence-corrected chi connectivity index (χ1v) is 10.0. The molecule has 0 saturated carbocycles. The Morgan fingerprint density at radius 3 is 2.54 bits per heavy atom. The molecule has 0 aromatic heterocycles. The first-order chi connectivity index (χ1) is 11.2. The van der Waals surface area contributed by atoms with Crippen LogP contribution in [0.4, 0.5) is 0 Å². The summed E-state index contributed by atoms with van der Waals surface area (Å²) in [6.07, 6.45) is 3.20. The van der Waals surface area contributed by atoms with Crippen LogP contribution in [-0.4, -0.2) is 51.7 Å². The topological polar surface area (TPSA) is 89.7 Å². The van der Waals surface area contributed by atoms with E-state index in [1.54, 1.807) is 12.1 Å². The monoisotopic (exact) mass is 354 g/mol. The molecular weight excluding hydrogens is 328 g/mol. The van der Waals surface area contributed by atoms with Gasteiger partial charge < -0.3 is 15.4 Å². The Morgan fingerprint density at radius 1 is 1.33 bits per heavy atom. The fourth-order valence-corrected chi connectivity index (χ4v) is 3.39. The Kier molecular flexibility index (Phi) is 5.87. The molecule has 2 N–H and O–H groups in total. The second-order valence-electron chi connectivity index (χ2n) is 6.78. The summed E-state index contributed by atoms with van der Waals surface area (Å²) in [5, 5.41) is 0. The van der Waals surface area contributed by atoms with Crippen molar-refractivity contribution in [2.24, 2.45) is 11.1 Å². The zero-order valence-corrected chi connectivity index (χ0v) is 15.1. The number of benzene rings is 1. The van der Waals surface area contributed by atoms with Gasteiger partial charge in [0.15, 0.2) is 9.84 Å². The van der Waals surface area contributed by atoms with E-state index >= 15 is 0 Å². The number of likely N-dealkylation sites (tertiary alicyclic amines) is 1. The Balaban J connectivity index is 1.72. The molecule has 7 heteroatoms. The maximum absolute atomic E-state index is 12.2. The second-order valence-corrected chi connectivity index (χ2v) is 8.79. The van der Waals surface area contributed by atoms with Crippen LogP contribution in [0.1, 0.15) is 26.2 Å². The summed E-state index contributed by atoms with van der Waals surface area (Å²) in [5.41, 5.74) is 5.81. The maximum Gasteiger partial charge on any atom is 0.222 e. The number of sulfone groups is 1. The number of amides is 1. The van der Waals surface area contributed by atoms with Gasteiger partial charge >= 0.3 is 0 Å². The van der Waals surface area contributed by atoms with Gasteiger partial charge in [-0.3, -0.25) is 4.79 Å². The van der Waals surface area contributed by atoms with Crippen molar-refractivity contribution in [1.29, 1.82) is 0 Å². The number of nitrogens with zero attached hydrogens (tertiary/aromatic N) is 1. The van der Waals surface area contributed by atoms with Gasteiger partial charge in [-0.05, 0) is 49.1 Å². The molecule has 0 aliphatic carbocycles. The first-order valence-electron chi connectivity index (χ1n) is 8.14. The Labute approximate surface area is 143 Å². The lowest BCUT2D eigenvalue weighted by molar-refractivity contribution is -0.130. The summed E-state index contributed by atoms with van der Waals surface area (Å²) in [5.74, 6) is 0.745. The number of ether oxygens (including phenoxy) is 1. The normalized spacial score (nSPS) is 21.0. The molecule has 24 heavy (non-hydrogen) atoms. The lowest BCUT2D eigenvalue weighted by Crippen LogP contribution is -2.34. The van der Waals surface area contributed by atoms with Crippen molar-refractivity contribution in [2.45, 2.75) is 31.1 Å². The molecule has 0 radical (unpaired) electrons. The summed E-state index contributed by atoms with van der Waals surface area (Å²) in [6.45, 7) is 4.65. The minimum Gasteiger partial charge on any atom is -0.494 e. The predicted molar refractivity (Wildman–Crippen MR) is 92.6 cm³/mol. The summed E-state index contributed by atoms with van der Waals surface area (Å²) >= 11 is 0. The highest BCUT2D eigenvalue weighted by Gasteiger charge is 2.34. The molecule has 1 fully saturated rings. The lowest BCUT2D eigenvalue weighted by atomic mass is 9.90. The zero-order valence-electron chi connectivity index (χ0n) is 14.3. The minimum absolute atomic E-state index is 0.0491. The van der Waals surface area contributed by atoms with Gasteiger partial charge in [0.05, 0.1) is 11.5 Å². The highest BCUT2D eigenvalue weighted by atomic mass is 32.2. The largest absolute Gasteiger partial charge is 0.494 e. The van der Waals surface area contributed by atoms with Crippen LogP contribution in [0.2, 0.25) is 0 Å². The van der Waals surface area contributed by atoms with Crippen molar-refractivity contribution >= 4 is 15.7 Å². The SMILES string of the molecule is CC1(CN)CCN(C(=O)CCCOc2ccc(S(C)(=O)=O)cc2)C1. The molecule has 6 nitrogen and oxygen atoms in total. The van der Waals surface area contributed by atoms with Crippen molar-refractivity contribution in [1.82, 2.24) is 4.90 Å². The Morgan fingerprint density at radius 2 is 2.00 bits per heavy atom. The van der Waals surface area contributed by atoms with Crippen LogP contribution in [0.15, 0.2) is 29.2 Å². The van der Waals surface area contributed by atoms with Gasteiger partial charge in [0, 0.05) is 25.8 Å². The van der Waals surface area contributed by atoms with Crippen molar-refractivity contribution < 1.29 is 17.9 Å². The predicted octanol–water partition coefficient (Wildman–Crippen LogP) is 1.45. The molecule has 0 bridgehead atoms. The standard InChI is InChI=1S/C17H26N2O4S/c1-17(12-18)9-10-19(13-17)16(20)4-3-11-23-14-5-7-15(8-6-14)24(2,21)22/h5-8H,3-4,9-13,18H2,1-2H3. The molecule has 0 spiro atoms. The van der Waals surface area contributed by atoms with E-state index < -0.39 is 9.84 Å². The third-order valence-electron chi connectivity index (χ3n) is 4.46. The Hall–Kier alpha value is -1.60. The van der Waals surface area contributed by atoms with Gasteiger partial charge in [-0.25, -0.2) is 8.42 Å². The summed E-state index contributed by atoms with van der Waals surface area (Å²) < 4.78 is 28.3. The number of carbonyl (C=O) groups excluding carboxylic acids is 1. The summed E-state index contributed by atoms with van der Waals surface area (Å²) in [4.78, 5) is 14.3. The van der Waals surface area contributed by atoms with Gasteiger partial charge in [-0.2, -0.15) is 0 Å². The van der Waals surface area contributed by atoms with Crippen molar-refractivity contribution in [3.8, 4) is 5.75 Å². The van der Waals surface area contributed by atoms with Crippen molar-refractivity contribution in [3.63, 3.8) is 0 Å². The van der Waals surface area contributed by atoms with Crippen LogP contribution < -0.4 is 10.5 Å². The number of carbonyl (C=O) groups is 1. The first kappa shape index (κ1) is 18.7. The van der Waals surface area contributed by atoms with Crippen LogP contribution in [0.3, 0.4) is 0 Å². The molecule has 1 aromatic carbocycles. The van der Waals surface area contributed by atoms with Crippen LogP contribution in [0.25, 0.3) is 0 Å². The van der Waals surface area contributed by atoms with E-state index in [-0.39, 0.29) is 16.2 Å². The van der Waals surface area contributed by atoms with Crippen molar-refractivity contribution in [2.75, 3.05) is 32.5 Å². The van der Waals surface area contributed by atoms with Crippen LogP contribution in [0.5, 0.6) is 5.75 Å². The molecule has 1 unspecified atom stereocenters. The molecule has 1 aromatic rings. The molecule has 1 amide bonds. The van der Waals surface area contributed by atoms with Crippen LogP contribution >= 0.6 is 0 Å². The van der Waals surface area contributed by atoms with E-state index in [9.17, 15) is 13.2 Å². The average Bonchev–Trinajstić information content (AvgIpc) is 2.94. The minimum atomic E-state index is -3.19. The van der Waals surface area contributed by atoms with E-state index in [0.29, 0.717) is 31.7 Å². The molecule has 1 atom stereocenters. The molecule has 2 rings (SSSR count).